The number of para-hydroxylation sites is 1. The lowest BCUT2D eigenvalue weighted by Gasteiger charge is -2.17. The normalized spacial score (nSPS) is 10.9. The van der Waals surface area contributed by atoms with Gasteiger partial charge < -0.3 is 5.01 Å². The lowest BCUT2D eigenvalue weighted by atomic mass is 10.3. The van der Waals surface area contributed by atoms with Crippen molar-refractivity contribution in [3.63, 3.8) is 0 Å². The first-order valence-corrected chi connectivity index (χ1v) is 5.08. The second kappa shape index (κ2) is 3.70. The summed E-state index contributed by atoms with van der Waals surface area (Å²) in [4.78, 5) is 4.17. The highest BCUT2D eigenvalue weighted by molar-refractivity contribution is 6.16. The van der Waals surface area contributed by atoms with Crippen LogP contribution in [0.2, 0.25) is 0 Å². The number of hydrogen-bond acceptors (Lipinski definition) is 2. The first kappa shape index (κ1) is 10.2. The maximum absolute atomic E-state index is 13.4. The predicted octanol–water partition coefficient (Wildman–Crippen LogP) is 2.11. The number of halogens is 2. The molecule has 80 valence electrons. The highest BCUT2D eigenvalue weighted by Crippen LogP contribution is 2.19. The van der Waals surface area contributed by atoms with Gasteiger partial charge in [0.05, 0.1) is 11.4 Å². The van der Waals surface area contributed by atoms with E-state index in [1.807, 2.05) is 25.2 Å². The molecule has 2 aromatic rings. The molecule has 3 nitrogen and oxygen atoms in total. The fraction of sp³-hybridized carbons (Fsp3) is 0.300. The molecule has 0 saturated heterocycles. The number of nitrogens with zero attached hydrogens (tertiary/aromatic N) is 3. The minimum absolute atomic E-state index is 0.256. The Labute approximate surface area is 92.0 Å². The molecule has 0 radical (unpaired) electrons. The molecule has 5 heteroatoms. The molecule has 1 aromatic carbocycles. The van der Waals surface area contributed by atoms with E-state index in [0.29, 0.717) is 11.3 Å². The minimum atomic E-state index is -0.320. The zero-order valence-electron chi connectivity index (χ0n) is 8.54. The largest absolute Gasteiger partial charge is 0.317 e. The van der Waals surface area contributed by atoms with Gasteiger partial charge in [0.25, 0.3) is 0 Å². The quantitative estimate of drug-likeness (QED) is 0.733. The van der Waals surface area contributed by atoms with Gasteiger partial charge >= 0.3 is 0 Å². The van der Waals surface area contributed by atoms with E-state index in [9.17, 15) is 4.39 Å². The second-order valence-corrected chi connectivity index (χ2v) is 3.70. The SMILES string of the molecule is CN(C)n1c(CCl)nc2c(F)cccc21. The predicted molar refractivity (Wildman–Crippen MR) is 59.3 cm³/mol. The topological polar surface area (TPSA) is 21.1 Å². The molecule has 2 rings (SSSR count). The van der Waals surface area contributed by atoms with Crippen molar-refractivity contribution >= 4 is 22.6 Å². The second-order valence-electron chi connectivity index (χ2n) is 3.43. The van der Waals surface area contributed by atoms with Crippen LogP contribution < -0.4 is 5.01 Å². The summed E-state index contributed by atoms with van der Waals surface area (Å²) < 4.78 is 15.2. The smallest absolute Gasteiger partial charge is 0.151 e. The van der Waals surface area contributed by atoms with Gasteiger partial charge in [0.1, 0.15) is 11.3 Å². The molecule has 0 fully saturated rings. The number of fused-ring (bicyclic) bond motifs is 1. The van der Waals surface area contributed by atoms with Crippen molar-refractivity contribution < 1.29 is 4.39 Å². The Bertz CT molecular complexity index is 493. The molecule has 0 aliphatic rings. The Balaban J connectivity index is 2.80. The van der Waals surface area contributed by atoms with Gasteiger partial charge in [0.15, 0.2) is 5.82 Å². The van der Waals surface area contributed by atoms with Crippen LogP contribution in [0, 0.1) is 5.82 Å². The Hall–Kier alpha value is -1.29. The van der Waals surface area contributed by atoms with Crippen LogP contribution in [-0.4, -0.2) is 23.8 Å². The van der Waals surface area contributed by atoms with Crippen molar-refractivity contribution in [3.05, 3.63) is 29.8 Å². The van der Waals surface area contributed by atoms with E-state index < -0.39 is 0 Å². The van der Waals surface area contributed by atoms with Crippen LogP contribution in [-0.2, 0) is 5.88 Å². The Kier molecular flexibility index (Phi) is 2.52. The molecule has 1 heterocycles. The van der Waals surface area contributed by atoms with Gasteiger partial charge in [-0.25, -0.2) is 14.1 Å². The molecule has 0 saturated carbocycles. The van der Waals surface area contributed by atoms with E-state index in [4.69, 9.17) is 11.6 Å². The lowest BCUT2D eigenvalue weighted by Crippen LogP contribution is -2.26. The molecule has 0 amide bonds. The van der Waals surface area contributed by atoms with Gasteiger partial charge in [-0.2, -0.15) is 0 Å². The average molecular weight is 228 g/mol. The van der Waals surface area contributed by atoms with Crippen LogP contribution >= 0.6 is 11.6 Å². The third kappa shape index (κ3) is 1.55. The summed E-state index contributed by atoms with van der Waals surface area (Å²) in [6.45, 7) is 0. The molecule has 0 unspecified atom stereocenters. The standard InChI is InChI=1S/C10H11ClFN3/c1-14(2)15-8-5-3-4-7(12)10(8)13-9(15)6-11/h3-5H,6H2,1-2H3. The maximum atomic E-state index is 13.4. The van der Waals surface area contributed by atoms with Crippen LogP contribution in [0.25, 0.3) is 11.0 Å². The highest BCUT2D eigenvalue weighted by Gasteiger charge is 2.13. The average Bonchev–Trinajstić information content (AvgIpc) is 2.57. The third-order valence-corrected chi connectivity index (χ3v) is 2.44. The highest BCUT2D eigenvalue weighted by atomic mass is 35.5. The summed E-state index contributed by atoms with van der Waals surface area (Å²) in [6, 6.07) is 4.88. The summed E-state index contributed by atoms with van der Waals surface area (Å²) >= 11 is 5.77. The number of benzene rings is 1. The molecule has 0 atom stereocenters. The van der Waals surface area contributed by atoms with E-state index in [0.717, 1.165) is 5.52 Å². The van der Waals surface area contributed by atoms with Gasteiger partial charge in [-0.05, 0) is 12.1 Å². The number of aromatic nitrogens is 2. The summed E-state index contributed by atoms with van der Waals surface area (Å²) in [6.07, 6.45) is 0. The summed E-state index contributed by atoms with van der Waals surface area (Å²) in [5.74, 6) is 0.577. The van der Waals surface area contributed by atoms with Crippen LogP contribution in [0.5, 0.6) is 0 Å². The van der Waals surface area contributed by atoms with Crippen molar-refractivity contribution in [2.75, 3.05) is 19.1 Å². The van der Waals surface area contributed by atoms with E-state index in [1.165, 1.54) is 6.07 Å². The Morgan fingerprint density at radius 2 is 2.20 bits per heavy atom. The zero-order valence-corrected chi connectivity index (χ0v) is 9.29. The zero-order chi connectivity index (χ0) is 11.0. The molecule has 1 aromatic heterocycles. The Morgan fingerprint density at radius 1 is 1.47 bits per heavy atom. The first-order valence-electron chi connectivity index (χ1n) is 4.54. The number of rotatable bonds is 2. The Morgan fingerprint density at radius 3 is 2.80 bits per heavy atom. The first-order chi connectivity index (χ1) is 7.15. The fourth-order valence-electron chi connectivity index (χ4n) is 1.63. The van der Waals surface area contributed by atoms with Crippen molar-refractivity contribution in [2.45, 2.75) is 5.88 Å². The van der Waals surface area contributed by atoms with Crippen molar-refractivity contribution in [1.82, 2.24) is 9.66 Å². The van der Waals surface area contributed by atoms with Crippen LogP contribution in [0.3, 0.4) is 0 Å². The summed E-state index contributed by atoms with van der Waals surface area (Å²) in [5.41, 5.74) is 1.09. The number of imidazole rings is 1. The number of alkyl halides is 1. The van der Waals surface area contributed by atoms with Gasteiger partial charge in [-0.3, -0.25) is 0 Å². The maximum Gasteiger partial charge on any atom is 0.151 e. The van der Waals surface area contributed by atoms with E-state index in [2.05, 4.69) is 4.98 Å². The third-order valence-electron chi connectivity index (χ3n) is 2.20. The molecule has 0 aliphatic carbocycles. The molecular formula is C10H11ClFN3. The van der Waals surface area contributed by atoms with E-state index in [1.54, 1.807) is 10.7 Å². The number of hydrogen-bond donors (Lipinski definition) is 0. The van der Waals surface area contributed by atoms with Crippen LogP contribution in [0.4, 0.5) is 4.39 Å². The monoisotopic (exact) mass is 227 g/mol. The molecule has 15 heavy (non-hydrogen) atoms. The van der Waals surface area contributed by atoms with Crippen molar-refractivity contribution in [1.29, 1.82) is 0 Å². The molecular weight excluding hydrogens is 217 g/mol. The molecule has 0 N–H and O–H groups in total. The summed E-state index contributed by atoms with van der Waals surface area (Å²) in [5, 5.41) is 1.83. The minimum Gasteiger partial charge on any atom is -0.317 e. The van der Waals surface area contributed by atoms with Gasteiger partial charge in [0.2, 0.25) is 0 Å². The lowest BCUT2D eigenvalue weighted by molar-refractivity contribution is 0.637. The molecule has 0 spiro atoms. The fourth-order valence-corrected chi connectivity index (χ4v) is 1.81. The molecule has 0 bridgehead atoms. The molecule has 0 aliphatic heterocycles. The van der Waals surface area contributed by atoms with E-state index >= 15 is 0 Å². The van der Waals surface area contributed by atoms with Gasteiger partial charge in [-0.1, -0.05) is 6.07 Å². The summed E-state index contributed by atoms with van der Waals surface area (Å²) in [7, 11) is 3.73. The van der Waals surface area contributed by atoms with Gasteiger partial charge in [-0.15, -0.1) is 11.6 Å². The van der Waals surface area contributed by atoms with Crippen LogP contribution in [0.1, 0.15) is 5.82 Å². The van der Waals surface area contributed by atoms with Gasteiger partial charge in [0, 0.05) is 14.1 Å². The van der Waals surface area contributed by atoms with Crippen molar-refractivity contribution in [2.24, 2.45) is 0 Å². The van der Waals surface area contributed by atoms with Crippen molar-refractivity contribution in [3.8, 4) is 0 Å². The van der Waals surface area contributed by atoms with E-state index in [-0.39, 0.29) is 11.7 Å². The van der Waals surface area contributed by atoms with Crippen LogP contribution in [0.15, 0.2) is 18.2 Å².